The van der Waals surface area contributed by atoms with Gasteiger partial charge in [-0.3, -0.25) is 10.1 Å². The van der Waals surface area contributed by atoms with Crippen molar-refractivity contribution < 1.29 is 14.3 Å². The summed E-state index contributed by atoms with van der Waals surface area (Å²) in [6.45, 7) is 8.60. The first-order valence-electron chi connectivity index (χ1n) is 7.54. The standard InChI is InChI=1S/C17H27NO3/c1-6-13(4)14-7-9-15(10-8-14)21-11-16(17(19)20-5)18-12(2)3/h7-10,12-13,16,18H,6,11H2,1-5H3. The van der Waals surface area contributed by atoms with Gasteiger partial charge in [0.1, 0.15) is 18.4 Å². The van der Waals surface area contributed by atoms with Gasteiger partial charge in [-0.15, -0.1) is 0 Å². The first-order valence-corrected chi connectivity index (χ1v) is 7.54. The highest BCUT2D eigenvalue weighted by atomic mass is 16.5. The number of carbonyl (C=O) groups excluding carboxylic acids is 1. The van der Waals surface area contributed by atoms with Crippen LogP contribution in [0.1, 0.15) is 45.6 Å². The zero-order valence-electron chi connectivity index (χ0n) is 13.7. The van der Waals surface area contributed by atoms with Crippen LogP contribution in [0.4, 0.5) is 0 Å². The molecule has 2 unspecified atom stereocenters. The maximum atomic E-state index is 11.7. The summed E-state index contributed by atoms with van der Waals surface area (Å²) in [7, 11) is 1.39. The Labute approximate surface area is 127 Å². The third-order valence-electron chi connectivity index (χ3n) is 3.50. The van der Waals surface area contributed by atoms with E-state index < -0.39 is 6.04 Å². The Kier molecular flexibility index (Phi) is 7.23. The van der Waals surface area contributed by atoms with Crippen molar-refractivity contribution in [1.29, 1.82) is 0 Å². The van der Waals surface area contributed by atoms with Crippen molar-refractivity contribution in [2.45, 2.75) is 52.1 Å². The van der Waals surface area contributed by atoms with Gasteiger partial charge in [0.2, 0.25) is 0 Å². The molecule has 1 aromatic carbocycles. The molecule has 1 aromatic rings. The van der Waals surface area contributed by atoms with E-state index in [0.717, 1.165) is 12.2 Å². The van der Waals surface area contributed by atoms with E-state index in [1.165, 1.54) is 12.7 Å². The number of rotatable bonds is 8. The van der Waals surface area contributed by atoms with E-state index in [4.69, 9.17) is 9.47 Å². The van der Waals surface area contributed by atoms with Gasteiger partial charge in [0.05, 0.1) is 7.11 Å². The summed E-state index contributed by atoms with van der Waals surface area (Å²) in [4.78, 5) is 11.7. The Bertz CT molecular complexity index is 428. The van der Waals surface area contributed by atoms with Crippen molar-refractivity contribution in [3.8, 4) is 5.75 Å². The quantitative estimate of drug-likeness (QED) is 0.748. The number of hydrogen-bond donors (Lipinski definition) is 1. The first kappa shape index (κ1) is 17.5. The lowest BCUT2D eigenvalue weighted by atomic mass is 9.99. The van der Waals surface area contributed by atoms with Gasteiger partial charge in [-0.25, -0.2) is 0 Å². The molecule has 1 N–H and O–H groups in total. The maximum Gasteiger partial charge on any atom is 0.326 e. The van der Waals surface area contributed by atoms with Crippen molar-refractivity contribution in [3.05, 3.63) is 29.8 Å². The van der Waals surface area contributed by atoms with Crippen LogP contribution in [0.2, 0.25) is 0 Å². The normalized spacial score (nSPS) is 13.8. The van der Waals surface area contributed by atoms with Crippen molar-refractivity contribution in [3.63, 3.8) is 0 Å². The minimum atomic E-state index is -0.454. The van der Waals surface area contributed by atoms with Gasteiger partial charge in [0.15, 0.2) is 0 Å². The smallest absolute Gasteiger partial charge is 0.326 e. The lowest BCUT2D eigenvalue weighted by Gasteiger charge is -2.19. The van der Waals surface area contributed by atoms with Gasteiger partial charge in [0.25, 0.3) is 0 Å². The molecule has 0 aromatic heterocycles. The summed E-state index contributed by atoms with van der Waals surface area (Å²) in [6.07, 6.45) is 1.11. The third kappa shape index (κ3) is 5.76. The maximum absolute atomic E-state index is 11.7. The fourth-order valence-electron chi connectivity index (χ4n) is 2.04. The van der Waals surface area contributed by atoms with E-state index in [1.807, 2.05) is 26.0 Å². The molecule has 0 heterocycles. The van der Waals surface area contributed by atoms with Crippen molar-refractivity contribution >= 4 is 5.97 Å². The average Bonchev–Trinajstić information content (AvgIpc) is 2.50. The lowest BCUT2D eigenvalue weighted by molar-refractivity contribution is -0.144. The number of hydrogen-bond acceptors (Lipinski definition) is 4. The Morgan fingerprint density at radius 2 is 1.81 bits per heavy atom. The van der Waals surface area contributed by atoms with E-state index in [-0.39, 0.29) is 18.6 Å². The molecular formula is C17H27NO3. The number of methoxy groups -OCH3 is 1. The van der Waals surface area contributed by atoms with Crippen LogP contribution in [0.3, 0.4) is 0 Å². The zero-order chi connectivity index (χ0) is 15.8. The topological polar surface area (TPSA) is 47.6 Å². The zero-order valence-corrected chi connectivity index (χ0v) is 13.7. The molecule has 0 bridgehead atoms. The van der Waals surface area contributed by atoms with Crippen molar-refractivity contribution in [2.75, 3.05) is 13.7 Å². The highest BCUT2D eigenvalue weighted by molar-refractivity contribution is 5.75. The molecule has 0 aliphatic carbocycles. The second kappa shape index (κ2) is 8.67. The van der Waals surface area contributed by atoms with Gasteiger partial charge in [-0.1, -0.05) is 39.8 Å². The van der Waals surface area contributed by atoms with Gasteiger partial charge in [-0.05, 0) is 30.0 Å². The summed E-state index contributed by atoms with van der Waals surface area (Å²) in [5, 5.41) is 3.14. The third-order valence-corrected chi connectivity index (χ3v) is 3.50. The van der Waals surface area contributed by atoms with Crippen molar-refractivity contribution in [2.24, 2.45) is 0 Å². The van der Waals surface area contributed by atoms with E-state index in [9.17, 15) is 4.79 Å². The Morgan fingerprint density at radius 3 is 2.29 bits per heavy atom. The van der Waals surface area contributed by atoms with Crippen molar-refractivity contribution in [1.82, 2.24) is 5.32 Å². The fourth-order valence-corrected chi connectivity index (χ4v) is 2.04. The summed E-state index contributed by atoms with van der Waals surface area (Å²) in [5.74, 6) is 1.01. The van der Waals surface area contributed by atoms with Crippen LogP contribution < -0.4 is 10.1 Å². The minimum absolute atomic E-state index is 0.186. The average molecular weight is 293 g/mol. The molecule has 0 fully saturated rings. The highest BCUT2D eigenvalue weighted by Gasteiger charge is 2.20. The van der Waals surface area contributed by atoms with E-state index in [1.54, 1.807) is 0 Å². The molecule has 0 saturated heterocycles. The van der Waals surface area contributed by atoms with E-state index >= 15 is 0 Å². The van der Waals surface area contributed by atoms with Crippen LogP contribution in [0, 0.1) is 0 Å². The predicted octanol–water partition coefficient (Wildman–Crippen LogP) is 3.12. The van der Waals surface area contributed by atoms with E-state index in [2.05, 4.69) is 31.3 Å². The van der Waals surface area contributed by atoms with Gasteiger partial charge >= 0.3 is 5.97 Å². The Hall–Kier alpha value is -1.55. The summed E-state index contributed by atoms with van der Waals surface area (Å²) in [5.41, 5.74) is 1.30. The molecule has 0 aliphatic rings. The SMILES string of the molecule is CCC(C)c1ccc(OCC(NC(C)C)C(=O)OC)cc1. The van der Waals surface area contributed by atoms with Crippen LogP contribution in [0.25, 0.3) is 0 Å². The number of carbonyl (C=O) groups is 1. The van der Waals surface area contributed by atoms with Gasteiger partial charge in [0, 0.05) is 6.04 Å². The number of benzene rings is 1. The number of esters is 1. The molecular weight excluding hydrogens is 266 g/mol. The van der Waals surface area contributed by atoms with E-state index in [0.29, 0.717) is 5.92 Å². The molecule has 4 heteroatoms. The Morgan fingerprint density at radius 1 is 1.19 bits per heavy atom. The summed E-state index contributed by atoms with van der Waals surface area (Å²) in [6, 6.07) is 7.78. The second-order valence-corrected chi connectivity index (χ2v) is 5.59. The molecule has 0 radical (unpaired) electrons. The van der Waals surface area contributed by atoms with Crippen LogP contribution in [0.15, 0.2) is 24.3 Å². The molecule has 4 nitrogen and oxygen atoms in total. The number of nitrogens with one attached hydrogen (secondary N) is 1. The first-order chi connectivity index (χ1) is 9.97. The fraction of sp³-hybridized carbons (Fsp3) is 0.588. The van der Waals surface area contributed by atoms with Crippen LogP contribution >= 0.6 is 0 Å². The lowest BCUT2D eigenvalue weighted by Crippen LogP contribution is -2.45. The molecule has 0 saturated carbocycles. The minimum Gasteiger partial charge on any atom is -0.491 e. The Balaban J connectivity index is 2.61. The molecule has 1 rings (SSSR count). The molecule has 21 heavy (non-hydrogen) atoms. The summed E-state index contributed by atoms with van der Waals surface area (Å²) >= 11 is 0. The summed E-state index contributed by atoms with van der Waals surface area (Å²) < 4.78 is 10.5. The highest BCUT2D eigenvalue weighted by Crippen LogP contribution is 2.21. The van der Waals surface area contributed by atoms with Crippen LogP contribution in [-0.4, -0.2) is 31.8 Å². The predicted molar refractivity (Wildman–Crippen MR) is 84.7 cm³/mol. The monoisotopic (exact) mass is 293 g/mol. The molecule has 0 amide bonds. The molecule has 0 aliphatic heterocycles. The second-order valence-electron chi connectivity index (χ2n) is 5.59. The molecule has 2 atom stereocenters. The molecule has 118 valence electrons. The van der Waals surface area contributed by atoms with Crippen LogP contribution in [0.5, 0.6) is 5.75 Å². The van der Waals surface area contributed by atoms with Gasteiger partial charge in [-0.2, -0.15) is 0 Å². The number of ether oxygens (including phenoxy) is 2. The van der Waals surface area contributed by atoms with Crippen LogP contribution in [-0.2, 0) is 9.53 Å². The molecule has 0 spiro atoms. The largest absolute Gasteiger partial charge is 0.491 e. The van der Waals surface area contributed by atoms with Gasteiger partial charge < -0.3 is 9.47 Å².